The second kappa shape index (κ2) is 11.4. The van der Waals surface area contributed by atoms with Crippen LogP contribution in [-0.4, -0.2) is 11.7 Å². The number of aliphatic hydroxyl groups is 1. The molecule has 0 saturated heterocycles. The van der Waals surface area contributed by atoms with E-state index in [-0.39, 0.29) is 6.61 Å². The Morgan fingerprint density at radius 3 is 2.57 bits per heavy atom. The zero-order chi connectivity index (χ0) is 10.5. The highest BCUT2D eigenvalue weighted by Crippen LogP contribution is 1.90. The molecule has 1 heteroatoms. The van der Waals surface area contributed by atoms with Gasteiger partial charge in [0.1, 0.15) is 0 Å². The number of unbranched alkanes of at least 4 members (excludes halogenated alkanes) is 1. The van der Waals surface area contributed by atoms with E-state index in [1.807, 2.05) is 12.2 Å². The first-order valence-electron chi connectivity index (χ1n) is 4.57. The lowest BCUT2D eigenvalue weighted by atomic mass is 10.3. The van der Waals surface area contributed by atoms with Crippen LogP contribution in [0.1, 0.15) is 26.2 Å². The molecule has 72 valence electrons. The van der Waals surface area contributed by atoms with Crippen molar-refractivity contribution in [2.45, 2.75) is 26.2 Å². The lowest BCUT2D eigenvalue weighted by Crippen LogP contribution is -1.77. The zero-order valence-electron chi connectivity index (χ0n) is 8.43. The summed E-state index contributed by atoms with van der Waals surface area (Å²) in [5.74, 6) is 16.1. The summed E-state index contributed by atoms with van der Waals surface area (Å²) in [6.07, 6.45) is 6.43. The fourth-order valence-corrected chi connectivity index (χ4v) is 0.689. The topological polar surface area (TPSA) is 20.2 Å². The Hall–Kier alpha value is -1.62. The van der Waals surface area contributed by atoms with Crippen molar-refractivity contribution >= 4 is 0 Å². The maximum atomic E-state index is 8.50. The van der Waals surface area contributed by atoms with Gasteiger partial charge in [0.15, 0.2) is 0 Å². The molecule has 1 N–H and O–H groups in total. The van der Waals surface area contributed by atoms with E-state index in [4.69, 9.17) is 5.11 Å². The average Bonchev–Trinajstić information content (AvgIpc) is 2.21. The molecular weight excluding hydrogens is 172 g/mol. The molecule has 0 atom stereocenters. The number of allylic oxidation sites excluding steroid dienone is 2. The molecule has 0 aromatic rings. The van der Waals surface area contributed by atoms with Crippen molar-refractivity contribution in [1.82, 2.24) is 0 Å². The molecule has 14 heavy (non-hydrogen) atoms. The third kappa shape index (κ3) is 10.4. The molecular formula is C13H14O. The third-order valence-electron chi connectivity index (χ3n) is 1.32. The number of hydrogen-bond acceptors (Lipinski definition) is 1. The van der Waals surface area contributed by atoms with Gasteiger partial charge in [-0.05, 0) is 43.4 Å². The van der Waals surface area contributed by atoms with Crippen molar-refractivity contribution in [3.63, 3.8) is 0 Å². The number of aliphatic hydroxyl groups excluding tert-OH is 1. The Morgan fingerprint density at radius 2 is 1.86 bits per heavy atom. The van der Waals surface area contributed by atoms with Gasteiger partial charge in [0, 0.05) is 13.0 Å². The molecule has 0 aromatic heterocycles. The van der Waals surface area contributed by atoms with Gasteiger partial charge in [-0.15, -0.1) is 0 Å². The lowest BCUT2D eigenvalue weighted by molar-refractivity contribution is 0.289. The molecule has 0 unspecified atom stereocenters. The maximum Gasteiger partial charge on any atom is 0.0433 e. The van der Waals surface area contributed by atoms with Crippen LogP contribution in [-0.2, 0) is 0 Å². The van der Waals surface area contributed by atoms with E-state index >= 15 is 0 Å². The van der Waals surface area contributed by atoms with Crippen LogP contribution in [0.4, 0.5) is 0 Å². The van der Waals surface area contributed by atoms with E-state index in [1.165, 1.54) is 0 Å². The van der Waals surface area contributed by atoms with Gasteiger partial charge in [0.25, 0.3) is 0 Å². The van der Waals surface area contributed by atoms with Crippen molar-refractivity contribution in [3.8, 4) is 35.5 Å². The summed E-state index contributed by atoms with van der Waals surface area (Å²) < 4.78 is 0. The summed E-state index contributed by atoms with van der Waals surface area (Å²) in [6.45, 7) is 1.99. The molecule has 0 aliphatic carbocycles. The molecule has 0 bridgehead atoms. The summed E-state index contributed by atoms with van der Waals surface area (Å²) in [5, 5.41) is 8.50. The van der Waals surface area contributed by atoms with Crippen LogP contribution in [0.5, 0.6) is 0 Å². The van der Waals surface area contributed by atoms with E-state index in [0.29, 0.717) is 6.42 Å². The Labute approximate surface area is 86.2 Å². The minimum absolute atomic E-state index is 0.247. The van der Waals surface area contributed by atoms with E-state index in [0.717, 1.165) is 12.8 Å². The average molecular weight is 186 g/mol. The van der Waals surface area contributed by atoms with Crippen LogP contribution in [0.15, 0.2) is 12.2 Å². The first-order chi connectivity index (χ1) is 6.91. The van der Waals surface area contributed by atoms with Crippen LogP contribution in [0, 0.1) is 35.5 Å². The molecule has 0 radical (unpaired) electrons. The third-order valence-corrected chi connectivity index (χ3v) is 1.32. The van der Waals surface area contributed by atoms with Crippen LogP contribution >= 0.6 is 0 Å². The summed E-state index contributed by atoms with van der Waals surface area (Å²) in [5.41, 5.74) is 0. The van der Waals surface area contributed by atoms with Crippen molar-refractivity contribution in [3.05, 3.63) is 12.2 Å². The molecule has 0 amide bonds. The monoisotopic (exact) mass is 186 g/mol. The number of hydrogen-bond donors (Lipinski definition) is 1. The molecule has 0 rings (SSSR count). The quantitative estimate of drug-likeness (QED) is 0.403. The van der Waals surface area contributed by atoms with Crippen LogP contribution in [0.3, 0.4) is 0 Å². The maximum absolute atomic E-state index is 8.50. The summed E-state index contributed by atoms with van der Waals surface area (Å²) in [4.78, 5) is 0. The standard InChI is InChI=1S/C13H14O/c1-2-3-4-5-6-7-8-9-10-11-12-13-14/h9-10,14H,8,11-13H2,1H3/b10-9+. The van der Waals surface area contributed by atoms with Gasteiger partial charge in [0.05, 0.1) is 0 Å². The van der Waals surface area contributed by atoms with Crippen molar-refractivity contribution < 1.29 is 5.11 Å². The van der Waals surface area contributed by atoms with Gasteiger partial charge in [-0.25, -0.2) is 0 Å². The molecule has 0 aromatic carbocycles. The molecule has 0 aliphatic heterocycles. The van der Waals surface area contributed by atoms with Gasteiger partial charge in [0.2, 0.25) is 0 Å². The van der Waals surface area contributed by atoms with Crippen molar-refractivity contribution in [2.75, 3.05) is 6.61 Å². The zero-order valence-corrected chi connectivity index (χ0v) is 8.43. The largest absolute Gasteiger partial charge is 0.396 e. The Kier molecular flexibility index (Phi) is 10.1. The van der Waals surface area contributed by atoms with Gasteiger partial charge >= 0.3 is 0 Å². The summed E-state index contributed by atoms with van der Waals surface area (Å²) in [7, 11) is 0. The van der Waals surface area contributed by atoms with E-state index in [1.54, 1.807) is 6.92 Å². The predicted molar refractivity (Wildman–Crippen MR) is 59.1 cm³/mol. The minimum Gasteiger partial charge on any atom is -0.396 e. The SMILES string of the molecule is CC#CC#CC#CC/C=C/CCCO. The molecule has 0 fully saturated rings. The fourth-order valence-electron chi connectivity index (χ4n) is 0.689. The highest BCUT2D eigenvalue weighted by molar-refractivity contribution is 5.35. The van der Waals surface area contributed by atoms with Crippen LogP contribution in [0.25, 0.3) is 0 Å². The van der Waals surface area contributed by atoms with E-state index in [9.17, 15) is 0 Å². The Bertz CT molecular complexity index is 331. The summed E-state index contributed by atoms with van der Waals surface area (Å²) >= 11 is 0. The normalized spacial score (nSPS) is 7.86. The van der Waals surface area contributed by atoms with Gasteiger partial charge in [-0.1, -0.05) is 24.0 Å². The molecule has 0 saturated carbocycles. The molecule has 1 nitrogen and oxygen atoms in total. The smallest absolute Gasteiger partial charge is 0.0433 e. The fraction of sp³-hybridized carbons (Fsp3) is 0.385. The first-order valence-corrected chi connectivity index (χ1v) is 4.57. The Balaban J connectivity index is 3.56. The highest BCUT2D eigenvalue weighted by Gasteiger charge is 1.76. The lowest BCUT2D eigenvalue weighted by Gasteiger charge is -1.85. The highest BCUT2D eigenvalue weighted by atomic mass is 16.2. The van der Waals surface area contributed by atoms with Crippen molar-refractivity contribution in [1.29, 1.82) is 0 Å². The number of rotatable bonds is 4. The molecule has 0 spiro atoms. The molecule has 0 aliphatic rings. The van der Waals surface area contributed by atoms with Crippen LogP contribution in [0.2, 0.25) is 0 Å². The summed E-state index contributed by atoms with van der Waals surface area (Å²) in [6, 6.07) is 0. The minimum atomic E-state index is 0.247. The van der Waals surface area contributed by atoms with Gasteiger partial charge in [-0.3, -0.25) is 0 Å². The van der Waals surface area contributed by atoms with E-state index in [2.05, 4.69) is 35.5 Å². The van der Waals surface area contributed by atoms with Gasteiger partial charge < -0.3 is 5.11 Å². The second-order valence-electron chi connectivity index (χ2n) is 2.47. The molecule has 0 heterocycles. The first kappa shape index (κ1) is 12.4. The second-order valence-corrected chi connectivity index (χ2v) is 2.47. The van der Waals surface area contributed by atoms with Gasteiger partial charge in [-0.2, -0.15) is 0 Å². The predicted octanol–water partition coefficient (Wildman–Crippen LogP) is 1.74. The van der Waals surface area contributed by atoms with Crippen molar-refractivity contribution in [2.24, 2.45) is 0 Å². The van der Waals surface area contributed by atoms with E-state index < -0.39 is 0 Å². The van der Waals surface area contributed by atoms with Crippen LogP contribution < -0.4 is 0 Å². The Morgan fingerprint density at radius 1 is 1.07 bits per heavy atom.